The molecule has 6 nitrogen and oxygen atoms in total. The maximum Gasteiger partial charge on any atom is 0.242 e. The molecule has 1 aliphatic rings. The van der Waals surface area contributed by atoms with Gasteiger partial charge >= 0.3 is 0 Å². The third-order valence-electron chi connectivity index (χ3n) is 5.15. The van der Waals surface area contributed by atoms with Gasteiger partial charge in [0.2, 0.25) is 5.91 Å². The normalized spacial score (nSPS) is 14.9. The molecule has 0 radical (unpaired) electrons. The number of benzene rings is 1. The Morgan fingerprint density at radius 2 is 1.83 bits per heavy atom. The van der Waals surface area contributed by atoms with Gasteiger partial charge in [0.05, 0.1) is 22.7 Å². The summed E-state index contributed by atoms with van der Waals surface area (Å²) in [5.74, 6) is -0.465. The van der Waals surface area contributed by atoms with Crippen molar-refractivity contribution in [2.75, 3.05) is 33.2 Å². The fourth-order valence-electron chi connectivity index (χ4n) is 3.47. The Kier molecular flexibility index (Phi) is 5.60. The van der Waals surface area contributed by atoms with Crippen LogP contribution < -0.4 is 0 Å². The fraction of sp³-hybridized carbons (Fsp3) is 0.286. The van der Waals surface area contributed by atoms with E-state index in [1.54, 1.807) is 24.8 Å². The lowest BCUT2D eigenvalue weighted by molar-refractivity contribution is -0.133. The smallest absolute Gasteiger partial charge is 0.242 e. The maximum atomic E-state index is 14.0. The van der Waals surface area contributed by atoms with Crippen LogP contribution in [0.5, 0.6) is 0 Å². The van der Waals surface area contributed by atoms with E-state index in [4.69, 9.17) is 11.6 Å². The molecule has 2 aromatic heterocycles. The second kappa shape index (κ2) is 8.31. The Labute approximate surface area is 173 Å². The van der Waals surface area contributed by atoms with Crippen molar-refractivity contribution in [1.82, 2.24) is 24.3 Å². The summed E-state index contributed by atoms with van der Waals surface area (Å²) >= 11 is 5.83. The van der Waals surface area contributed by atoms with Gasteiger partial charge in [-0.25, -0.2) is 9.37 Å². The molecule has 0 unspecified atom stereocenters. The van der Waals surface area contributed by atoms with E-state index in [1.807, 2.05) is 21.6 Å². The molecule has 0 atom stereocenters. The SMILES string of the molecule is CN1CCN(C(=O)Cn2cnc(-c3ccc(Cl)c(F)c3)c2-c2ccncc2)CC1. The minimum absolute atomic E-state index is 0.0413. The van der Waals surface area contributed by atoms with Crippen molar-refractivity contribution in [3.05, 3.63) is 59.9 Å². The lowest BCUT2D eigenvalue weighted by Gasteiger charge is -2.32. The molecular weight excluding hydrogens is 393 g/mol. The van der Waals surface area contributed by atoms with Crippen LogP contribution in [0.2, 0.25) is 5.02 Å². The molecular formula is C21H21ClFN5O. The molecule has 3 heterocycles. The molecule has 1 fully saturated rings. The summed E-state index contributed by atoms with van der Waals surface area (Å²) in [6.45, 7) is 3.32. The number of carbonyl (C=O) groups excluding carboxylic acids is 1. The van der Waals surface area contributed by atoms with Crippen molar-refractivity contribution < 1.29 is 9.18 Å². The summed E-state index contributed by atoms with van der Waals surface area (Å²) in [5, 5.41) is 0.0592. The Morgan fingerprint density at radius 1 is 1.10 bits per heavy atom. The van der Waals surface area contributed by atoms with Gasteiger partial charge in [0, 0.05) is 49.7 Å². The van der Waals surface area contributed by atoms with E-state index in [9.17, 15) is 9.18 Å². The minimum atomic E-state index is -0.507. The number of hydrogen-bond acceptors (Lipinski definition) is 4. The average Bonchev–Trinajstić information content (AvgIpc) is 3.14. The van der Waals surface area contributed by atoms with Crippen LogP contribution in [0.1, 0.15) is 0 Å². The molecule has 0 saturated carbocycles. The van der Waals surface area contributed by atoms with Crippen LogP contribution in [0.4, 0.5) is 4.39 Å². The molecule has 0 aliphatic carbocycles. The summed E-state index contributed by atoms with van der Waals surface area (Å²) in [5.41, 5.74) is 2.80. The second-order valence-corrected chi connectivity index (χ2v) is 7.53. The van der Waals surface area contributed by atoms with E-state index < -0.39 is 5.82 Å². The standard InChI is InChI=1S/C21H21ClFN5O/c1-26-8-10-27(11-9-26)19(29)13-28-14-25-20(16-2-3-17(22)18(23)12-16)21(28)15-4-6-24-7-5-15/h2-7,12,14H,8-11,13H2,1H3. The number of hydrogen-bond donors (Lipinski definition) is 0. The number of carbonyl (C=O) groups is 1. The first-order chi connectivity index (χ1) is 14.0. The molecule has 3 aromatic rings. The number of pyridine rings is 1. The topological polar surface area (TPSA) is 54.3 Å². The highest BCUT2D eigenvalue weighted by Gasteiger charge is 2.22. The average molecular weight is 414 g/mol. The van der Waals surface area contributed by atoms with E-state index in [0.717, 1.165) is 24.3 Å². The third-order valence-corrected chi connectivity index (χ3v) is 5.45. The van der Waals surface area contributed by atoms with Crippen molar-refractivity contribution in [1.29, 1.82) is 0 Å². The van der Waals surface area contributed by atoms with Crippen LogP contribution in [0.3, 0.4) is 0 Å². The molecule has 150 valence electrons. The van der Waals surface area contributed by atoms with Gasteiger partial charge in [-0.2, -0.15) is 0 Å². The van der Waals surface area contributed by atoms with Crippen molar-refractivity contribution in [3.63, 3.8) is 0 Å². The molecule has 0 N–H and O–H groups in total. The number of aromatic nitrogens is 3. The van der Waals surface area contributed by atoms with Crippen LogP contribution in [0.25, 0.3) is 22.5 Å². The second-order valence-electron chi connectivity index (χ2n) is 7.12. The van der Waals surface area contributed by atoms with Crippen LogP contribution in [0.15, 0.2) is 49.1 Å². The predicted octanol–water partition coefficient (Wildman–Crippen LogP) is 3.18. The molecule has 4 rings (SSSR count). The Morgan fingerprint density at radius 3 is 2.52 bits per heavy atom. The molecule has 1 amide bonds. The van der Waals surface area contributed by atoms with Gasteiger partial charge in [-0.1, -0.05) is 17.7 Å². The first-order valence-electron chi connectivity index (χ1n) is 9.40. The first kappa shape index (κ1) is 19.5. The van der Waals surface area contributed by atoms with Gasteiger partial charge in [-0.05, 0) is 31.3 Å². The molecule has 8 heteroatoms. The van der Waals surface area contributed by atoms with Crippen LogP contribution in [-0.4, -0.2) is 63.5 Å². The summed E-state index contributed by atoms with van der Waals surface area (Å²) in [6.07, 6.45) is 4.99. The lowest BCUT2D eigenvalue weighted by Crippen LogP contribution is -2.48. The number of amides is 1. The van der Waals surface area contributed by atoms with E-state index >= 15 is 0 Å². The van der Waals surface area contributed by atoms with Gasteiger partial charge in [0.25, 0.3) is 0 Å². The molecule has 0 spiro atoms. The van der Waals surface area contributed by atoms with Gasteiger partial charge in [0.15, 0.2) is 0 Å². The van der Waals surface area contributed by atoms with E-state index in [0.29, 0.717) is 24.3 Å². The molecule has 1 aromatic carbocycles. The predicted molar refractivity (Wildman–Crippen MR) is 110 cm³/mol. The van der Waals surface area contributed by atoms with Crippen LogP contribution in [-0.2, 0) is 11.3 Å². The Bertz CT molecular complexity index is 1020. The molecule has 0 bridgehead atoms. The highest BCUT2D eigenvalue weighted by molar-refractivity contribution is 6.30. The van der Waals surface area contributed by atoms with E-state index in [-0.39, 0.29) is 17.5 Å². The number of imidazole rings is 1. The largest absolute Gasteiger partial charge is 0.339 e. The highest BCUT2D eigenvalue weighted by atomic mass is 35.5. The summed E-state index contributed by atoms with van der Waals surface area (Å²) in [4.78, 5) is 25.5. The van der Waals surface area contributed by atoms with Crippen LogP contribution >= 0.6 is 11.6 Å². The zero-order valence-electron chi connectivity index (χ0n) is 16.1. The third kappa shape index (κ3) is 4.16. The summed E-state index contributed by atoms with van der Waals surface area (Å²) in [7, 11) is 2.05. The number of nitrogens with zero attached hydrogens (tertiary/aromatic N) is 5. The quantitative estimate of drug-likeness (QED) is 0.659. The van der Waals surface area contributed by atoms with Gasteiger partial charge in [-0.15, -0.1) is 0 Å². The Balaban J connectivity index is 1.70. The van der Waals surface area contributed by atoms with Crippen molar-refractivity contribution in [3.8, 4) is 22.5 Å². The highest BCUT2D eigenvalue weighted by Crippen LogP contribution is 2.32. The first-order valence-corrected chi connectivity index (χ1v) is 9.78. The molecule has 1 saturated heterocycles. The number of halogens is 2. The zero-order valence-corrected chi connectivity index (χ0v) is 16.8. The van der Waals surface area contributed by atoms with Crippen molar-refractivity contribution >= 4 is 17.5 Å². The number of piperazine rings is 1. The van der Waals surface area contributed by atoms with E-state index in [1.165, 1.54) is 12.1 Å². The zero-order chi connectivity index (χ0) is 20.4. The molecule has 29 heavy (non-hydrogen) atoms. The molecule has 1 aliphatic heterocycles. The fourth-order valence-corrected chi connectivity index (χ4v) is 3.59. The Hall–Kier alpha value is -2.77. The monoisotopic (exact) mass is 413 g/mol. The van der Waals surface area contributed by atoms with E-state index in [2.05, 4.69) is 21.9 Å². The van der Waals surface area contributed by atoms with Gasteiger partial charge in [0.1, 0.15) is 12.4 Å². The van der Waals surface area contributed by atoms with Crippen LogP contribution in [0, 0.1) is 5.82 Å². The summed E-state index contributed by atoms with van der Waals surface area (Å²) in [6, 6.07) is 8.30. The van der Waals surface area contributed by atoms with Crippen molar-refractivity contribution in [2.45, 2.75) is 6.54 Å². The number of likely N-dealkylation sites (N-methyl/N-ethyl adjacent to an activating group) is 1. The van der Waals surface area contributed by atoms with Crippen molar-refractivity contribution in [2.24, 2.45) is 0 Å². The number of rotatable bonds is 4. The maximum absolute atomic E-state index is 14.0. The van der Waals surface area contributed by atoms with Gasteiger partial charge < -0.3 is 14.4 Å². The van der Waals surface area contributed by atoms with Gasteiger partial charge in [-0.3, -0.25) is 9.78 Å². The summed E-state index contributed by atoms with van der Waals surface area (Å²) < 4.78 is 15.9. The minimum Gasteiger partial charge on any atom is -0.339 e. The lowest BCUT2D eigenvalue weighted by atomic mass is 10.1.